The van der Waals surface area contributed by atoms with Crippen LogP contribution in [-0.2, 0) is 13.0 Å². The van der Waals surface area contributed by atoms with Gasteiger partial charge in [0.1, 0.15) is 4.83 Å². The second kappa shape index (κ2) is 8.14. The number of aromatic nitrogens is 2. The number of hydrogen-bond donors (Lipinski definition) is 0. The summed E-state index contributed by atoms with van der Waals surface area (Å²) in [6.07, 6.45) is 2.39. The highest BCUT2D eigenvalue weighted by Gasteiger charge is 2.16. The number of hydrogen-bond acceptors (Lipinski definition) is 5. The van der Waals surface area contributed by atoms with Gasteiger partial charge in [-0.3, -0.25) is 14.2 Å². The second-order valence-corrected chi connectivity index (χ2v) is 7.78. The second-order valence-electron chi connectivity index (χ2n) is 5.72. The zero-order valence-electron chi connectivity index (χ0n) is 14.5. The summed E-state index contributed by atoms with van der Waals surface area (Å²) in [6.45, 7) is 5.93. The van der Waals surface area contributed by atoms with E-state index >= 15 is 0 Å². The topological polar surface area (TPSA) is 52.0 Å². The van der Waals surface area contributed by atoms with Crippen LogP contribution >= 0.6 is 23.1 Å². The number of Topliss-reactive ketones (excluding diaryl/α,β-unsaturated/α-hetero) is 1. The molecule has 27 heavy (non-hydrogen) atoms. The summed E-state index contributed by atoms with van der Waals surface area (Å²) in [6, 6.07) is 4.87. The van der Waals surface area contributed by atoms with Crippen LogP contribution in [0.4, 0.5) is 8.78 Å². The monoisotopic (exact) mass is 406 g/mol. The van der Waals surface area contributed by atoms with Crippen LogP contribution < -0.4 is 5.56 Å². The van der Waals surface area contributed by atoms with Crippen molar-refractivity contribution in [3.05, 3.63) is 69.3 Å². The first kappa shape index (κ1) is 19.4. The van der Waals surface area contributed by atoms with E-state index in [4.69, 9.17) is 0 Å². The largest absolute Gasteiger partial charge is 0.293 e. The van der Waals surface area contributed by atoms with Crippen molar-refractivity contribution in [1.29, 1.82) is 0 Å². The Hall–Kier alpha value is -2.32. The van der Waals surface area contributed by atoms with Gasteiger partial charge in [-0.05, 0) is 30.7 Å². The van der Waals surface area contributed by atoms with Gasteiger partial charge in [0, 0.05) is 17.0 Å². The molecule has 0 unspecified atom stereocenters. The normalized spacial score (nSPS) is 11.1. The molecule has 2 aromatic heterocycles. The standard InChI is InChI=1S/C19H16F2N2O2S2/c1-3-7-23-18(25)13-9-12(4-2)27-17(13)22-19(23)26-10-16(24)11-5-6-14(20)15(21)8-11/h3,5-6,8-9H,1,4,7,10H2,2H3. The van der Waals surface area contributed by atoms with Crippen LogP contribution in [0.2, 0.25) is 0 Å². The van der Waals surface area contributed by atoms with Crippen LogP contribution in [-0.4, -0.2) is 21.1 Å². The first-order valence-electron chi connectivity index (χ1n) is 8.19. The summed E-state index contributed by atoms with van der Waals surface area (Å²) in [7, 11) is 0. The fraction of sp³-hybridized carbons (Fsp3) is 0.211. The number of carbonyl (C=O) groups is 1. The molecule has 3 aromatic rings. The van der Waals surface area contributed by atoms with Crippen LogP contribution in [0.1, 0.15) is 22.2 Å². The maximum atomic E-state index is 13.3. The van der Waals surface area contributed by atoms with E-state index in [1.165, 1.54) is 22.0 Å². The van der Waals surface area contributed by atoms with Crippen LogP contribution in [0.25, 0.3) is 10.2 Å². The van der Waals surface area contributed by atoms with Crippen molar-refractivity contribution in [3.63, 3.8) is 0 Å². The SMILES string of the molecule is C=CCn1c(SCC(=O)c2ccc(F)c(F)c2)nc2sc(CC)cc2c1=O. The third-order valence-corrected chi connectivity index (χ3v) is 6.05. The molecule has 0 bridgehead atoms. The van der Waals surface area contributed by atoms with Gasteiger partial charge < -0.3 is 0 Å². The van der Waals surface area contributed by atoms with E-state index in [0.717, 1.165) is 35.2 Å². The van der Waals surface area contributed by atoms with Crippen LogP contribution in [0.3, 0.4) is 0 Å². The Bertz CT molecular complexity index is 1090. The van der Waals surface area contributed by atoms with Gasteiger partial charge in [-0.25, -0.2) is 13.8 Å². The molecule has 0 aliphatic carbocycles. The van der Waals surface area contributed by atoms with Gasteiger partial charge in [0.25, 0.3) is 5.56 Å². The molecule has 4 nitrogen and oxygen atoms in total. The molecular formula is C19H16F2N2O2S2. The number of thioether (sulfide) groups is 1. The molecule has 0 radical (unpaired) electrons. The van der Waals surface area contributed by atoms with Crippen molar-refractivity contribution in [2.45, 2.75) is 25.0 Å². The summed E-state index contributed by atoms with van der Waals surface area (Å²) in [5, 5.41) is 0.947. The number of benzene rings is 1. The number of nitrogens with zero attached hydrogens (tertiary/aromatic N) is 2. The van der Waals surface area contributed by atoms with Gasteiger partial charge in [0.15, 0.2) is 22.6 Å². The Morgan fingerprint density at radius 3 is 2.78 bits per heavy atom. The molecule has 0 fully saturated rings. The number of thiophene rings is 1. The van der Waals surface area contributed by atoms with E-state index in [1.807, 2.05) is 13.0 Å². The number of aryl methyl sites for hydroxylation is 1. The third kappa shape index (κ3) is 4.01. The quantitative estimate of drug-likeness (QED) is 0.252. The number of ketones is 1. The van der Waals surface area contributed by atoms with Gasteiger partial charge in [0.2, 0.25) is 0 Å². The van der Waals surface area contributed by atoms with Gasteiger partial charge in [-0.1, -0.05) is 24.8 Å². The van der Waals surface area contributed by atoms with Crippen LogP contribution in [0.5, 0.6) is 0 Å². The molecule has 0 amide bonds. The van der Waals surface area contributed by atoms with Crippen molar-refractivity contribution in [1.82, 2.24) is 9.55 Å². The number of carbonyl (C=O) groups excluding carboxylic acids is 1. The van der Waals surface area contributed by atoms with Gasteiger partial charge >= 0.3 is 0 Å². The number of rotatable bonds is 7. The summed E-state index contributed by atoms with van der Waals surface area (Å²) < 4.78 is 27.8. The van der Waals surface area contributed by atoms with E-state index in [9.17, 15) is 18.4 Å². The van der Waals surface area contributed by atoms with Crippen molar-refractivity contribution in [2.24, 2.45) is 0 Å². The first-order valence-corrected chi connectivity index (χ1v) is 10.00. The van der Waals surface area contributed by atoms with E-state index in [2.05, 4.69) is 11.6 Å². The highest BCUT2D eigenvalue weighted by molar-refractivity contribution is 7.99. The minimum absolute atomic E-state index is 0.0494. The minimum Gasteiger partial charge on any atom is -0.293 e. The van der Waals surface area contributed by atoms with E-state index in [1.54, 1.807) is 6.08 Å². The molecule has 0 spiro atoms. The predicted molar refractivity (Wildman–Crippen MR) is 105 cm³/mol. The van der Waals surface area contributed by atoms with E-state index < -0.39 is 11.6 Å². The molecule has 8 heteroatoms. The number of halogens is 2. The highest BCUT2D eigenvalue weighted by atomic mass is 32.2. The first-order chi connectivity index (χ1) is 12.9. The fourth-order valence-corrected chi connectivity index (χ4v) is 4.42. The molecular weight excluding hydrogens is 390 g/mol. The zero-order chi connectivity index (χ0) is 19.6. The maximum absolute atomic E-state index is 13.3. The van der Waals surface area contributed by atoms with E-state index in [0.29, 0.717) is 15.4 Å². The van der Waals surface area contributed by atoms with Crippen molar-refractivity contribution < 1.29 is 13.6 Å². The van der Waals surface area contributed by atoms with Crippen molar-refractivity contribution in [3.8, 4) is 0 Å². The molecule has 0 N–H and O–H groups in total. The number of allylic oxidation sites excluding steroid dienone is 1. The van der Waals surface area contributed by atoms with Gasteiger partial charge in [0.05, 0.1) is 11.1 Å². The molecule has 140 valence electrons. The lowest BCUT2D eigenvalue weighted by Crippen LogP contribution is -2.22. The Morgan fingerprint density at radius 1 is 1.33 bits per heavy atom. The van der Waals surface area contributed by atoms with Crippen molar-refractivity contribution in [2.75, 3.05) is 5.75 Å². The van der Waals surface area contributed by atoms with E-state index in [-0.39, 0.29) is 29.2 Å². The highest BCUT2D eigenvalue weighted by Crippen LogP contribution is 2.25. The Kier molecular flexibility index (Phi) is 5.86. The molecule has 0 aliphatic heterocycles. The minimum atomic E-state index is -1.07. The lowest BCUT2D eigenvalue weighted by atomic mass is 10.1. The lowest BCUT2D eigenvalue weighted by Gasteiger charge is -2.09. The summed E-state index contributed by atoms with van der Waals surface area (Å²) in [5.74, 6) is -2.50. The van der Waals surface area contributed by atoms with Crippen LogP contribution in [0, 0.1) is 11.6 Å². The fourth-order valence-electron chi connectivity index (χ4n) is 2.50. The average Bonchev–Trinajstić information content (AvgIpc) is 3.08. The summed E-state index contributed by atoms with van der Waals surface area (Å²) in [4.78, 5) is 31.3. The summed E-state index contributed by atoms with van der Waals surface area (Å²) >= 11 is 2.54. The Morgan fingerprint density at radius 2 is 2.11 bits per heavy atom. The molecule has 3 rings (SSSR count). The van der Waals surface area contributed by atoms with Crippen LogP contribution in [0.15, 0.2) is 46.9 Å². The third-order valence-electron chi connectivity index (χ3n) is 3.90. The molecule has 0 aliphatic rings. The van der Waals surface area contributed by atoms with Crippen molar-refractivity contribution >= 4 is 39.1 Å². The molecule has 2 heterocycles. The zero-order valence-corrected chi connectivity index (χ0v) is 16.1. The number of fused-ring (bicyclic) bond motifs is 1. The smallest absolute Gasteiger partial charge is 0.263 e. The molecule has 0 atom stereocenters. The predicted octanol–water partition coefficient (Wildman–Crippen LogP) is 4.46. The van der Waals surface area contributed by atoms with Gasteiger partial charge in [-0.2, -0.15) is 0 Å². The molecule has 0 saturated heterocycles. The molecule has 1 aromatic carbocycles. The Labute approximate surface area is 162 Å². The van der Waals surface area contributed by atoms with Gasteiger partial charge in [-0.15, -0.1) is 17.9 Å². The maximum Gasteiger partial charge on any atom is 0.263 e. The lowest BCUT2D eigenvalue weighted by molar-refractivity contribution is 0.102. The average molecular weight is 406 g/mol. The summed E-state index contributed by atoms with van der Waals surface area (Å²) in [5.41, 5.74) is -0.108. The molecule has 0 saturated carbocycles. The Balaban J connectivity index is 1.91.